The number of hydrogen-bond donors (Lipinski definition) is 0. The minimum Gasteiger partial charge on any atom is -0.496 e. The molecular weight excluding hydrogens is 358 g/mol. The van der Waals surface area contributed by atoms with E-state index >= 15 is 0 Å². The summed E-state index contributed by atoms with van der Waals surface area (Å²) in [5, 5.41) is 0.869. The number of aryl methyl sites for hydroxylation is 1. The summed E-state index contributed by atoms with van der Waals surface area (Å²) >= 11 is 1.00. The van der Waals surface area contributed by atoms with Crippen molar-refractivity contribution in [2.75, 3.05) is 7.11 Å². The Kier molecular flexibility index (Phi) is 3.73. The molecule has 2 heterocycles. The third-order valence-corrected chi connectivity index (χ3v) is 6.53. The molecule has 0 unspecified atom stereocenters. The zero-order chi connectivity index (χ0) is 17.6. The highest BCUT2D eigenvalue weighted by atomic mass is 32.2. The van der Waals surface area contributed by atoms with Crippen LogP contribution in [0, 0.1) is 0 Å². The lowest BCUT2D eigenvalue weighted by Crippen LogP contribution is -2.12. The third kappa shape index (κ3) is 2.32. The SMILES string of the molecule is CCc1c(OC)ccc2c1ccn2S(=O)(=O)c1cccc2nsnc12. The van der Waals surface area contributed by atoms with E-state index in [1.54, 1.807) is 43.6 Å². The smallest absolute Gasteiger partial charge is 0.270 e. The number of fused-ring (bicyclic) bond motifs is 2. The topological polar surface area (TPSA) is 74.1 Å². The number of aromatic nitrogens is 3. The summed E-state index contributed by atoms with van der Waals surface area (Å²) in [5.74, 6) is 0.760. The van der Waals surface area contributed by atoms with Gasteiger partial charge in [-0.15, -0.1) is 0 Å². The van der Waals surface area contributed by atoms with Crippen LogP contribution >= 0.6 is 11.7 Å². The first-order valence-electron chi connectivity index (χ1n) is 7.71. The molecule has 4 aromatic rings. The fourth-order valence-corrected chi connectivity index (χ4v) is 5.20. The molecule has 128 valence electrons. The lowest BCUT2D eigenvalue weighted by atomic mass is 10.1. The molecule has 2 aromatic heterocycles. The molecule has 25 heavy (non-hydrogen) atoms. The highest BCUT2D eigenvalue weighted by Gasteiger charge is 2.24. The largest absolute Gasteiger partial charge is 0.496 e. The quantitative estimate of drug-likeness (QED) is 0.548. The molecule has 0 fully saturated rings. The van der Waals surface area contributed by atoms with Crippen LogP contribution < -0.4 is 4.74 Å². The Balaban J connectivity index is 2.00. The van der Waals surface area contributed by atoms with Crippen molar-refractivity contribution in [3.8, 4) is 5.75 Å². The molecular formula is C17H15N3O3S2. The molecule has 0 aliphatic carbocycles. The molecule has 4 rings (SSSR count). The van der Waals surface area contributed by atoms with E-state index in [2.05, 4.69) is 8.75 Å². The maximum absolute atomic E-state index is 13.2. The molecule has 0 saturated carbocycles. The number of rotatable bonds is 4. The van der Waals surface area contributed by atoms with Crippen LogP contribution in [0.1, 0.15) is 12.5 Å². The van der Waals surface area contributed by atoms with Crippen molar-refractivity contribution in [2.45, 2.75) is 18.2 Å². The average molecular weight is 373 g/mol. The first-order valence-corrected chi connectivity index (χ1v) is 9.88. The van der Waals surface area contributed by atoms with Gasteiger partial charge in [0.1, 0.15) is 21.7 Å². The molecule has 0 aliphatic rings. The Hall–Kier alpha value is -2.45. The number of hydrogen-bond acceptors (Lipinski definition) is 6. The molecule has 0 spiro atoms. The van der Waals surface area contributed by atoms with Gasteiger partial charge in [-0.25, -0.2) is 12.4 Å². The van der Waals surface area contributed by atoms with Gasteiger partial charge >= 0.3 is 0 Å². The van der Waals surface area contributed by atoms with Crippen LogP contribution in [-0.2, 0) is 16.4 Å². The van der Waals surface area contributed by atoms with Crippen molar-refractivity contribution in [2.24, 2.45) is 0 Å². The number of nitrogens with zero attached hydrogens (tertiary/aromatic N) is 3. The van der Waals surface area contributed by atoms with E-state index in [1.807, 2.05) is 13.0 Å². The zero-order valence-electron chi connectivity index (χ0n) is 13.6. The fraction of sp³-hybridized carbons (Fsp3) is 0.176. The van der Waals surface area contributed by atoms with Gasteiger partial charge in [-0.2, -0.15) is 8.75 Å². The monoisotopic (exact) mass is 373 g/mol. The van der Waals surface area contributed by atoms with E-state index in [0.29, 0.717) is 16.6 Å². The number of ether oxygens (including phenoxy) is 1. The maximum atomic E-state index is 13.2. The standard InChI is InChI=1S/C17H15N3O3S2/c1-3-11-12-9-10-20(14(12)7-8-15(11)23-2)25(21,22)16-6-4-5-13-17(16)19-24-18-13/h4-10H,3H2,1-2H3. The molecule has 0 amide bonds. The van der Waals surface area contributed by atoms with E-state index in [-0.39, 0.29) is 4.90 Å². The Bertz CT molecular complexity index is 1190. The first-order chi connectivity index (χ1) is 12.1. The van der Waals surface area contributed by atoms with Gasteiger partial charge in [0.2, 0.25) is 0 Å². The molecule has 0 radical (unpaired) electrons. The molecule has 0 saturated heterocycles. The Labute approximate surface area is 149 Å². The van der Waals surface area contributed by atoms with Crippen LogP contribution in [0.25, 0.3) is 21.9 Å². The molecule has 6 nitrogen and oxygen atoms in total. The second kappa shape index (κ2) is 5.82. The first kappa shape index (κ1) is 16.0. The van der Waals surface area contributed by atoms with Crippen molar-refractivity contribution in [1.82, 2.24) is 12.7 Å². The summed E-state index contributed by atoms with van der Waals surface area (Å²) in [6, 6.07) is 10.4. The average Bonchev–Trinajstić information content (AvgIpc) is 3.26. The summed E-state index contributed by atoms with van der Waals surface area (Å²) in [6.45, 7) is 2.02. The highest BCUT2D eigenvalue weighted by molar-refractivity contribution is 7.90. The van der Waals surface area contributed by atoms with E-state index in [4.69, 9.17) is 4.74 Å². The zero-order valence-corrected chi connectivity index (χ0v) is 15.3. The van der Waals surface area contributed by atoms with Gasteiger partial charge in [-0.1, -0.05) is 13.0 Å². The van der Waals surface area contributed by atoms with Crippen LogP contribution in [0.2, 0.25) is 0 Å². The molecule has 2 aromatic carbocycles. The molecule has 8 heteroatoms. The maximum Gasteiger partial charge on any atom is 0.270 e. The van der Waals surface area contributed by atoms with E-state index < -0.39 is 10.0 Å². The van der Waals surface area contributed by atoms with Gasteiger partial charge in [0.25, 0.3) is 10.0 Å². The van der Waals surface area contributed by atoms with Gasteiger partial charge < -0.3 is 4.74 Å². The van der Waals surface area contributed by atoms with E-state index in [1.165, 1.54) is 3.97 Å². The summed E-state index contributed by atoms with van der Waals surface area (Å²) in [5.41, 5.74) is 2.59. The Morgan fingerprint density at radius 3 is 2.76 bits per heavy atom. The lowest BCUT2D eigenvalue weighted by Gasteiger charge is -2.11. The molecule has 0 N–H and O–H groups in total. The van der Waals surface area contributed by atoms with Gasteiger partial charge in [-0.05, 0) is 36.8 Å². The van der Waals surface area contributed by atoms with E-state index in [0.717, 1.165) is 34.8 Å². The van der Waals surface area contributed by atoms with Crippen LogP contribution in [0.5, 0.6) is 5.75 Å². The van der Waals surface area contributed by atoms with Gasteiger partial charge in [0, 0.05) is 17.1 Å². The Morgan fingerprint density at radius 1 is 1.16 bits per heavy atom. The summed E-state index contributed by atoms with van der Waals surface area (Å²) < 4.78 is 41.5. The summed E-state index contributed by atoms with van der Waals surface area (Å²) in [7, 11) is -2.17. The fourth-order valence-electron chi connectivity index (χ4n) is 3.09. The number of benzene rings is 2. The second-order valence-electron chi connectivity index (χ2n) is 5.54. The second-order valence-corrected chi connectivity index (χ2v) is 7.85. The van der Waals surface area contributed by atoms with Crippen molar-refractivity contribution in [3.05, 3.63) is 48.2 Å². The third-order valence-electron chi connectivity index (χ3n) is 4.26. The van der Waals surface area contributed by atoms with Crippen LogP contribution in [0.4, 0.5) is 0 Å². The van der Waals surface area contributed by atoms with Crippen LogP contribution in [0.15, 0.2) is 47.5 Å². The van der Waals surface area contributed by atoms with Crippen LogP contribution in [-0.4, -0.2) is 28.2 Å². The van der Waals surface area contributed by atoms with Crippen LogP contribution in [0.3, 0.4) is 0 Å². The molecule has 0 bridgehead atoms. The van der Waals surface area contributed by atoms with Gasteiger partial charge in [0.05, 0.1) is 24.4 Å². The predicted octanol–water partition coefficient (Wildman–Crippen LogP) is 3.45. The normalized spacial score (nSPS) is 12.1. The highest BCUT2D eigenvalue weighted by Crippen LogP contribution is 2.32. The minimum absolute atomic E-state index is 0.158. The van der Waals surface area contributed by atoms with Crippen molar-refractivity contribution >= 4 is 43.7 Å². The van der Waals surface area contributed by atoms with Crippen molar-refractivity contribution in [1.29, 1.82) is 0 Å². The summed E-state index contributed by atoms with van der Waals surface area (Å²) in [6.07, 6.45) is 2.33. The Morgan fingerprint density at radius 2 is 2.00 bits per heavy atom. The van der Waals surface area contributed by atoms with Crippen molar-refractivity contribution < 1.29 is 13.2 Å². The number of methoxy groups -OCH3 is 1. The molecule has 0 atom stereocenters. The van der Waals surface area contributed by atoms with Gasteiger partial charge in [0.15, 0.2) is 0 Å². The lowest BCUT2D eigenvalue weighted by molar-refractivity contribution is 0.411. The predicted molar refractivity (Wildman–Crippen MR) is 97.9 cm³/mol. The molecule has 0 aliphatic heterocycles. The van der Waals surface area contributed by atoms with E-state index in [9.17, 15) is 8.42 Å². The van der Waals surface area contributed by atoms with Gasteiger partial charge in [-0.3, -0.25) is 0 Å². The van der Waals surface area contributed by atoms with Crippen molar-refractivity contribution in [3.63, 3.8) is 0 Å². The minimum atomic E-state index is -3.78. The summed E-state index contributed by atoms with van der Waals surface area (Å²) in [4.78, 5) is 0.158.